The fourth-order valence-electron chi connectivity index (χ4n) is 1.61. The molecular weight excluding hydrogens is 317 g/mol. The van der Waals surface area contributed by atoms with Crippen LogP contribution in [0.4, 0.5) is 4.39 Å². The van der Waals surface area contributed by atoms with Gasteiger partial charge in [-0.2, -0.15) is 0 Å². The van der Waals surface area contributed by atoms with Crippen LogP contribution in [0.25, 0.3) is 0 Å². The highest BCUT2D eigenvalue weighted by atomic mass is 79.9. The third-order valence-electron chi connectivity index (χ3n) is 2.58. The molecule has 0 aliphatic carbocycles. The summed E-state index contributed by atoms with van der Waals surface area (Å²) in [5, 5.41) is 8.76. The van der Waals surface area contributed by atoms with Crippen molar-refractivity contribution in [1.82, 2.24) is 4.57 Å². The van der Waals surface area contributed by atoms with Crippen molar-refractivity contribution in [3.05, 3.63) is 68.3 Å². The molecule has 0 fully saturated rings. The first-order chi connectivity index (χ1) is 8.97. The SMILES string of the molecule is O=C(O)c1ccn(Cc2ccc(F)c(Br)c2)c(=O)c1. The Hall–Kier alpha value is -1.95. The second-order valence-electron chi connectivity index (χ2n) is 3.94. The van der Waals surface area contributed by atoms with Gasteiger partial charge in [-0.15, -0.1) is 0 Å². The van der Waals surface area contributed by atoms with Crippen LogP contribution in [0.3, 0.4) is 0 Å². The van der Waals surface area contributed by atoms with E-state index in [2.05, 4.69) is 15.9 Å². The average Bonchev–Trinajstić information content (AvgIpc) is 2.36. The molecule has 0 aliphatic heterocycles. The summed E-state index contributed by atoms with van der Waals surface area (Å²) in [7, 11) is 0. The van der Waals surface area contributed by atoms with Crippen LogP contribution in [0.15, 0.2) is 45.8 Å². The standard InChI is InChI=1S/C13H9BrFNO3/c14-10-5-8(1-2-11(10)15)7-16-4-3-9(13(18)19)6-12(16)17/h1-6H,7H2,(H,18,19). The van der Waals surface area contributed by atoms with E-state index in [1.165, 1.54) is 22.9 Å². The van der Waals surface area contributed by atoms with Crippen molar-refractivity contribution in [2.24, 2.45) is 0 Å². The molecule has 0 atom stereocenters. The number of aromatic carboxylic acids is 1. The molecule has 0 unspecified atom stereocenters. The molecule has 1 aromatic heterocycles. The molecule has 6 heteroatoms. The Bertz CT molecular complexity index is 697. The maximum Gasteiger partial charge on any atom is 0.335 e. The van der Waals surface area contributed by atoms with Gasteiger partial charge in [-0.25, -0.2) is 9.18 Å². The smallest absolute Gasteiger partial charge is 0.335 e. The Kier molecular flexibility index (Phi) is 3.80. The Balaban J connectivity index is 2.31. The zero-order valence-corrected chi connectivity index (χ0v) is 11.2. The number of hydrogen-bond donors (Lipinski definition) is 1. The molecular formula is C13H9BrFNO3. The largest absolute Gasteiger partial charge is 0.478 e. The van der Waals surface area contributed by atoms with Gasteiger partial charge in [0, 0.05) is 12.3 Å². The normalized spacial score (nSPS) is 10.4. The molecule has 0 aliphatic rings. The van der Waals surface area contributed by atoms with E-state index in [9.17, 15) is 14.0 Å². The van der Waals surface area contributed by atoms with Crippen molar-refractivity contribution < 1.29 is 14.3 Å². The predicted octanol–water partition coefficient (Wildman–Crippen LogP) is 2.50. The second-order valence-corrected chi connectivity index (χ2v) is 4.79. The minimum atomic E-state index is -1.14. The van der Waals surface area contributed by atoms with E-state index >= 15 is 0 Å². The van der Waals surface area contributed by atoms with Gasteiger partial charge in [0.2, 0.25) is 0 Å². The lowest BCUT2D eigenvalue weighted by Crippen LogP contribution is -2.20. The highest BCUT2D eigenvalue weighted by Crippen LogP contribution is 2.17. The van der Waals surface area contributed by atoms with Crippen molar-refractivity contribution in [1.29, 1.82) is 0 Å². The fraction of sp³-hybridized carbons (Fsp3) is 0.0769. The van der Waals surface area contributed by atoms with E-state index in [1.807, 2.05) is 0 Å². The molecule has 0 spiro atoms. The number of carboxylic acids is 1. The van der Waals surface area contributed by atoms with Gasteiger partial charge in [-0.3, -0.25) is 4.79 Å². The molecule has 0 saturated heterocycles. The topological polar surface area (TPSA) is 59.3 Å². The van der Waals surface area contributed by atoms with Gasteiger partial charge in [0.15, 0.2) is 0 Å². The molecule has 0 radical (unpaired) electrons. The Morgan fingerprint density at radius 2 is 2.05 bits per heavy atom. The number of carbonyl (C=O) groups is 1. The number of pyridine rings is 1. The molecule has 1 aromatic carbocycles. The van der Waals surface area contributed by atoms with Gasteiger partial charge < -0.3 is 9.67 Å². The molecule has 4 nitrogen and oxygen atoms in total. The van der Waals surface area contributed by atoms with E-state index in [1.54, 1.807) is 12.1 Å². The number of benzene rings is 1. The Labute approximate surface area is 116 Å². The molecule has 2 rings (SSSR count). The molecule has 1 N–H and O–H groups in total. The average molecular weight is 326 g/mol. The monoisotopic (exact) mass is 325 g/mol. The van der Waals surface area contributed by atoms with Gasteiger partial charge in [0.05, 0.1) is 16.6 Å². The maximum atomic E-state index is 13.1. The minimum absolute atomic E-state index is 0.0541. The first-order valence-corrected chi connectivity index (χ1v) is 6.14. The van der Waals surface area contributed by atoms with Crippen LogP contribution >= 0.6 is 15.9 Å². The van der Waals surface area contributed by atoms with Crippen molar-refractivity contribution in [3.8, 4) is 0 Å². The highest BCUT2D eigenvalue weighted by Gasteiger charge is 2.06. The summed E-state index contributed by atoms with van der Waals surface area (Å²) in [6, 6.07) is 6.85. The predicted molar refractivity (Wildman–Crippen MR) is 70.9 cm³/mol. The molecule has 0 bridgehead atoms. The lowest BCUT2D eigenvalue weighted by atomic mass is 10.2. The van der Waals surface area contributed by atoms with E-state index < -0.39 is 11.5 Å². The molecule has 98 valence electrons. The summed E-state index contributed by atoms with van der Waals surface area (Å²) in [5.41, 5.74) is 0.264. The summed E-state index contributed by atoms with van der Waals surface area (Å²) in [6.07, 6.45) is 1.41. The number of hydrogen-bond acceptors (Lipinski definition) is 2. The summed E-state index contributed by atoms with van der Waals surface area (Å²) in [5.74, 6) is -1.52. The van der Waals surface area contributed by atoms with Crippen molar-refractivity contribution in [2.75, 3.05) is 0 Å². The van der Waals surface area contributed by atoms with Crippen LogP contribution in [0.2, 0.25) is 0 Å². The number of nitrogens with zero attached hydrogens (tertiary/aromatic N) is 1. The van der Waals surface area contributed by atoms with Crippen LogP contribution in [0.5, 0.6) is 0 Å². The number of halogens is 2. The minimum Gasteiger partial charge on any atom is -0.478 e. The number of rotatable bonds is 3. The summed E-state index contributed by atoms with van der Waals surface area (Å²) < 4.78 is 14.8. The van der Waals surface area contributed by atoms with Crippen molar-refractivity contribution in [2.45, 2.75) is 6.54 Å². The summed E-state index contributed by atoms with van der Waals surface area (Å²) >= 11 is 3.07. The quantitative estimate of drug-likeness (QED) is 0.943. The first-order valence-electron chi connectivity index (χ1n) is 5.35. The van der Waals surface area contributed by atoms with Gasteiger partial charge in [-0.05, 0) is 39.7 Å². The Morgan fingerprint density at radius 1 is 1.32 bits per heavy atom. The van der Waals surface area contributed by atoms with Crippen molar-refractivity contribution in [3.63, 3.8) is 0 Å². The van der Waals surface area contributed by atoms with Gasteiger partial charge in [0.1, 0.15) is 5.82 Å². The van der Waals surface area contributed by atoms with Crippen LogP contribution in [-0.2, 0) is 6.54 Å². The molecule has 19 heavy (non-hydrogen) atoms. The molecule has 0 amide bonds. The Morgan fingerprint density at radius 3 is 2.63 bits per heavy atom. The lowest BCUT2D eigenvalue weighted by molar-refractivity contribution is 0.0696. The van der Waals surface area contributed by atoms with Crippen LogP contribution in [0, 0.1) is 5.82 Å². The summed E-state index contributed by atoms with van der Waals surface area (Å²) in [6.45, 7) is 0.248. The zero-order valence-electron chi connectivity index (χ0n) is 9.64. The number of aromatic nitrogens is 1. The molecule has 0 saturated carbocycles. The van der Waals surface area contributed by atoms with Gasteiger partial charge in [-0.1, -0.05) is 6.07 Å². The molecule has 2 aromatic rings. The first kappa shape index (κ1) is 13.5. The fourth-order valence-corrected chi connectivity index (χ4v) is 2.03. The highest BCUT2D eigenvalue weighted by molar-refractivity contribution is 9.10. The maximum absolute atomic E-state index is 13.1. The lowest BCUT2D eigenvalue weighted by Gasteiger charge is -2.07. The van der Waals surface area contributed by atoms with Crippen LogP contribution in [-0.4, -0.2) is 15.6 Å². The second kappa shape index (κ2) is 5.36. The third kappa shape index (κ3) is 3.08. The van der Waals surface area contributed by atoms with Gasteiger partial charge in [0.25, 0.3) is 5.56 Å². The van der Waals surface area contributed by atoms with E-state index in [4.69, 9.17) is 5.11 Å². The van der Waals surface area contributed by atoms with E-state index in [0.717, 1.165) is 11.6 Å². The van der Waals surface area contributed by atoms with Crippen molar-refractivity contribution >= 4 is 21.9 Å². The zero-order chi connectivity index (χ0) is 14.0. The third-order valence-corrected chi connectivity index (χ3v) is 3.19. The van der Waals surface area contributed by atoms with E-state index in [-0.39, 0.29) is 17.9 Å². The number of carboxylic acid groups (broad SMARTS) is 1. The summed E-state index contributed by atoms with van der Waals surface area (Å²) in [4.78, 5) is 22.4. The van der Waals surface area contributed by atoms with Gasteiger partial charge >= 0.3 is 5.97 Å². The van der Waals surface area contributed by atoms with Crippen LogP contribution < -0.4 is 5.56 Å². The van der Waals surface area contributed by atoms with Crippen LogP contribution in [0.1, 0.15) is 15.9 Å². The van der Waals surface area contributed by atoms with E-state index in [0.29, 0.717) is 4.47 Å². The molecule has 1 heterocycles.